The normalized spacial score (nSPS) is 12.1. The lowest BCUT2D eigenvalue weighted by Gasteiger charge is -2.11. The van der Waals surface area contributed by atoms with Crippen LogP contribution in [0.1, 0.15) is 36.9 Å². The Bertz CT molecular complexity index is 1010. The number of benzene rings is 1. The summed E-state index contributed by atoms with van der Waals surface area (Å²) in [6.07, 6.45) is 0. The number of ether oxygens (including phenoxy) is 1. The molecule has 0 aliphatic rings. The average Bonchev–Trinajstić information content (AvgIpc) is 3.23. The zero-order valence-corrected chi connectivity index (χ0v) is 17.0. The molecule has 0 saturated heterocycles. The Hall–Kier alpha value is -2.81. The van der Waals surface area contributed by atoms with Crippen LogP contribution in [0.25, 0.3) is 11.0 Å². The molecule has 0 radical (unpaired) electrons. The number of carbonyl (C=O) groups excluding carboxylic acids is 2. The number of amides is 1. The van der Waals surface area contributed by atoms with Crippen molar-refractivity contribution >= 4 is 40.5 Å². The standard InChI is InChI=1S/C19H22N4O4S/c1-5-23-15-8-7-13(18(25)26-6-2)10-14(15)20-19(23)28-12(4)17(24)21-16-9-11(3)27-22-16/h7-10,12H,5-6H2,1-4H3,(H,21,22,24). The lowest BCUT2D eigenvalue weighted by molar-refractivity contribution is -0.115. The maximum Gasteiger partial charge on any atom is 0.338 e. The van der Waals surface area contributed by atoms with Crippen molar-refractivity contribution in [1.82, 2.24) is 14.7 Å². The third kappa shape index (κ3) is 4.19. The fraction of sp³-hybridized carbons (Fsp3) is 0.368. The molecule has 0 saturated carbocycles. The summed E-state index contributed by atoms with van der Waals surface area (Å²) in [5, 5.41) is 6.81. The first kappa shape index (κ1) is 19.9. The molecule has 1 unspecified atom stereocenters. The fourth-order valence-corrected chi connectivity index (χ4v) is 3.70. The number of aromatic nitrogens is 3. The molecule has 0 aliphatic heterocycles. The third-order valence-electron chi connectivity index (χ3n) is 4.07. The van der Waals surface area contributed by atoms with Crippen molar-refractivity contribution in [2.24, 2.45) is 0 Å². The number of thioether (sulfide) groups is 1. The van der Waals surface area contributed by atoms with Crippen LogP contribution < -0.4 is 5.32 Å². The van der Waals surface area contributed by atoms with E-state index in [-0.39, 0.29) is 11.9 Å². The summed E-state index contributed by atoms with van der Waals surface area (Å²) in [6, 6.07) is 6.96. The summed E-state index contributed by atoms with van der Waals surface area (Å²) in [6.45, 7) is 8.34. The molecular formula is C19H22N4O4S. The molecule has 1 atom stereocenters. The maximum atomic E-state index is 12.4. The zero-order valence-electron chi connectivity index (χ0n) is 16.2. The number of anilines is 1. The number of imidazole rings is 1. The Balaban J connectivity index is 1.81. The van der Waals surface area contributed by atoms with E-state index in [4.69, 9.17) is 9.26 Å². The van der Waals surface area contributed by atoms with Crippen LogP contribution in [0.4, 0.5) is 5.82 Å². The van der Waals surface area contributed by atoms with E-state index in [1.165, 1.54) is 11.8 Å². The molecule has 0 spiro atoms. The number of nitrogens with zero attached hydrogens (tertiary/aromatic N) is 3. The van der Waals surface area contributed by atoms with Gasteiger partial charge in [0.2, 0.25) is 5.91 Å². The van der Waals surface area contributed by atoms with Gasteiger partial charge in [-0.15, -0.1) is 0 Å². The van der Waals surface area contributed by atoms with Crippen LogP contribution in [-0.4, -0.2) is 38.4 Å². The van der Waals surface area contributed by atoms with E-state index in [1.54, 1.807) is 39.0 Å². The molecule has 2 heterocycles. The Labute approximate surface area is 166 Å². The fourth-order valence-electron chi connectivity index (χ4n) is 2.71. The molecule has 1 N–H and O–H groups in total. The van der Waals surface area contributed by atoms with E-state index in [1.807, 2.05) is 17.6 Å². The second-order valence-corrected chi connectivity index (χ2v) is 7.44. The van der Waals surface area contributed by atoms with Gasteiger partial charge < -0.3 is 19.1 Å². The third-order valence-corrected chi connectivity index (χ3v) is 5.16. The number of fused-ring (bicyclic) bond motifs is 1. The van der Waals surface area contributed by atoms with Crippen molar-refractivity contribution in [3.63, 3.8) is 0 Å². The number of hydrogen-bond donors (Lipinski definition) is 1. The highest BCUT2D eigenvalue weighted by Gasteiger charge is 2.21. The Morgan fingerprint density at radius 2 is 2.11 bits per heavy atom. The first-order valence-electron chi connectivity index (χ1n) is 9.01. The van der Waals surface area contributed by atoms with Crippen LogP contribution in [-0.2, 0) is 16.1 Å². The molecule has 0 bridgehead atoms. The van der Waals surface area contributed by atoms with Crippen LogP contribution in [0.3, 0.4) is 0 Å². The SMILES string of the molecule is CCOC(=O)c1ccc2c(c1)nc(SC(C)C(=O)Nc1cc(C)on1)n2CC. The molecule has 8 nitrogen and oxygen atoms in total. The smallest absolute Gasteiger partial charge is 0.338 e. The number of esters is 1. The van der Waals surface area contributed by atoms with Crippen molar-refractivity contribution in [3.8, 4) is 0 Å². The molecule has 9 heteroatoms. The van der Waals surface area contributed by atoms with Crippen LogP contribution >= 0.6 is 11.8 Å². The van der Waals surface area contributed by atoms with E-state index < -0.39 is 5.25 Å². The predicted octanol–water partition coefficient (Wildman–Crippen LogP) is 3.65. The summed E-state index contributed by atoms with van der Waals surface area (Å²) >= 11 is 1.34. The molecular weight excluding hydrogens is 380 g/mol. The van der Waals surface area contributed by atoms with E-state index in [2.05, 4.69) is 15.5 Å². The molecule has 3 rings (SSSR count). The largest absolute Gasteiger partial charge is 0.462 e. The lowest BCUT2D eigenvalue weighted by Crippen LogP contribution is -2.23. The van der Waals surface area contributed by atoms with Crippen molar-refractivity contribution in [1.29, 1.82) is 0 Å². The monoisotopic (exact) mass is 402 g/mol. The van der Waals surface area contributed by atoms with E-state index in [0.29, 0.717) is 41.0 Å². The Morgan fingerprint density at radius 3 is 2.75 bits per heavy atom. The van der Waals surface area contributed by atoms with Crippen LogP contribution in [0.5, 0.6) is 0 Å². The maximum absolute atomic E-state index is 12.4. The first-order chi connectivity index (χ1) is 13.4. The molecule has 1 amide bonds. The van der Waals surface area contributed by atoms with Gasteiger partial charge in [0.25, 0.3) is 0 Å². The van der Waals surface area contributed by atoms with Crippen molar-refractivity contribution in [2.45, 2.75) is 44.6 Å². The number of rotatable bonds is 7. The van der Waals surface area contributed by atoms with Gasteiger partial charge in [0.05, 0.1) is 28.5 Å². The highest BCUT2D eigenvalue weighted by Crippen LogP contribution is 2.28. The molecule has 2 aromatic heterocycles. The summed E-state index contributed by atoms with van der Waals surface area (Å²) in [4.78, 5) is 29.0. The molecule has 3 aromatic rings. The van der Waals surface area contributed by atoms with Gasteiger partial charge in [0, 0.05) is 12.6 Å². The summed E-state index contributed by atoms with van der Waals surface area (Å²) < 4.78 is 12.0. The van der Waals surface area contributed by atoms with Gasteiger partial charge in [-0.1, -0.05) is 16.9 Å². The van der Waals surface area contributed by atoms with E-state index in [9.17, 15) is 9.59 Å². The number of aryl methyl sites for hydroxylation is 2. The minimum atomic E-state index is -0.399. The van der Waals surface area contributed by atoms with Gasteiger partial charge in [0.15, 0.2) is 11.0 Å². The van der Waals surface area contributed by atoms with Gasteiger partial charge in [-0.3, -0.25) is 4.79 Å². The summed E-state index contributed by atoms with van der Waals surface area (Å²) in [7, 11) is 0. The van der Waals surface area contributed by atoms with Crippen LogP contribution in [0.15, 0.2) is 33.9 Å². The van der Waals surface area contributed by atoms with Crippen LogP contribution in [0, 0.1) is 6.92 Å². The molecule has 0 aliphatic carbocycles. The number of carbonyl (C=O) groups is 2. The number of hydrogen-bond acceptors (Lipinski definition) is 7. The van der Waals surface area contributed by atoms with Gasteiger partial charge in [-0.25, -0.2) is 9.78 Å². The predicted molar refractivity (Wildman–Crippen MR) is 107 cm³/mol. The van der Waals surface area contributed by atoms with Gasteiger partial charge in [0.1, 0.15) is 5.76 Å². The first-order valence-corrected chi connectivity index (χ1v) is 9.89. The molecule has 0 fully saturated rings. The second-order valence-electron chi connectivity index (χ2n) is 6.13. The highest BCUT2D eigenvalue weighted by atomic mass is 32.2. The van der Waals surface area contributed by atoms with Crippen molar-refractivity contribution in [2.75, 3.05) is 11.9 Å². The van der Waals surface area contributed by atoms with Crippen molar-refractivity contribution in [3.05, 3.63) is 35.6 Å². The van der Waals surface area contributed by atoms with Gasteiger partial charge in [-0.05, 0) is 45.9 Å². The topological polar surface area (TPSA) is 99.2 Å². The Morgan fingerprint density at radius 1 is 1.32 bits per heavy atom. The van der Waals surface area contributed by atoms with E-state index >= 15 is 0 Å². The van der Waals surface area contributed by atoms with Crippen LogP contribution in [0.2, 0.25) is 0 Å². The van der Waals surface area contributed by atoms with Gasteiger partial charge >= 0.3 is 5.97 Å². The Kier molecular flexibility index (Phi) is 6.03. The minimum absolute atomic E-state index is 0.194. The zero-order chi connectivity index (χ0) is 20.3. The molecule has 1 aromatic carbocycles. The number of nitrogens with one attached hydrogen (secondary N) is 1. The van der Waals surface area contributed by atoms with Gasteiger partial charge in [-0.2, -0.15) is 0 Å². The molecule has 28 heavy (non-hydrogen) atoms. The summed E-state index contributed by atoms with van der Waals surface area (Å²) in [5.74, 6) is 0.444. The van der Waals surface area contributed by atoms with E-state index in [0.717, 1.165) is 5.52 Å². The second kappa shape index (κ2) is 8.47. The quantitative estimate of drug-likeness (QED) is 0.476. The average molecular weight is 402 g/mol. The minimum Gasteiger partial charge on any atom is -0.462 e. The lowest BCUT2D eigenvalue weighted by atomic mass is 10.2. The molecule has 148 valence electrons. The van der Waals surface area contributed by atoms with Crippen molar-refractivity contribution < 1.29 is 18.8 Å². The summed E-state index contributed by atoms with van der Waals surface area (Å²) in [5.41, 5.74) is 2.05. The highest BCUT2D eigenvalue weighted by molar-refractivity contribution is 8.00.